The number of nitrogens with zero attached hydrogens (tertiary/aromatic N) is 2. The van der Waals surface area contributed by atoms with E-state index in [1.54, 1.807) is 0 Å². The number of hydrogen-bond acceptors (Lipinski definition) is 2. The van der Waals surface area contributed by atoms with E-state index in [1.165, 1.54) is 5.56 Å². The van der Waals surface area contributed by atoms with Gasteiger partial charge in [-0.1, -0.05) is 6.07 Å². The molecule has 0 saturated carbocycles. The SMILES string of the molecule is Cc1n[nH]c(C)c1CCCNC(=O)c1ccc2ccccn12. The average Bonchev–Trinajstić information content (AvgIpc) is 3.08. The number of nitrogens with one attached hydrogen (secondary N) is 2. The smallest absolute Gasteiger partial charge is 0.268 e. The number of H-pyrrole nitrogens is 1. The first-order valence-electron chi connectivity index (χ1n) is 7.51. The lowest BCUT2D eigenvalue weighted by Gasteiger charge is -2.06. The van der Waals surface area contributed by atoms with Crippen LogP contribution >= 0.6 is 0 Å². The Morgan fingerprint density at radius 2 is 2.14 bits per heavy atom. The van der Waals surface area contributed by atoms with E-state index >= 15 is 0 Å². The number of hydrogen-bond donors (Lipinski definition) is 2. The molecule has 0 spiro atoms. The highest BCUT2D eigenvalue weighted by Gasteiger charge is 2.10. The van der Waals surface area contributed by atoms with Gasteiger partial charge in [0.15, 0.2) is 0 Å². The van der Waals surface area contributed by atoms with Crippen LogP contribution in [0.1, 0.15) is 33.9 Å². The van der Waals surface area contributed by atoms with E-state index in [2.05, 4.69) is 15.5 Å². The molecule has 3 heterocycles. The van der Waals surface area contributed by atoms with Crippen molar-refractivity contribution in [1.29, 1.82) is 0 Å². The second kappa shape index (κ2) is 6.05. The molecule has 5 heteroatoms. The summed E-state index contributed by atoms with van der Waals surface area (Å²) in [6, 6.07) is 9.68. The zero-order valence-electron chi connectivity index (χ0n) is 12.9. The van der Waals surface area contributed by atoms with Gasteiger partial charge in [-0.25, -0.2) is 0 Å². The zero-order valence-corrected chi connectivity index (χ0v) is 12.9. The first-order valence-corrected chi connectivity index (χ1v) is 7.51. The molecule has 0 aliphatic carbocycles. The fourth-order valence-corrected chi connectivity index (χ4v) is 2.74. The van der Waals surface area contributed by atoms with Gasteiger partial charge in [-0.05, 0) is 56.5 Å². The highest BCUT2D eigenvalue weighted by molar-refractivity contribution is 5.93. The Morgan fingerprint density at radius 1 is 1.27 bits per heavy atom. The van der Waals surface area contributed by atoms with Gasteiger partial charge >= 0.3 is 0 Å². The molecule has 0 unspecified atom stereocenters. The van der Waals surface area contributed by atoms with Gasteiger partial charge in [-0.2, -0.15) is 5.10 Å². The summed E-state index contributed by atoms with van der Waals surface area (Å²) < 4.78 is 1.90. The highest BCUT2D eigenvalue weighted by Crippen LogP contribution is 2.12. The zero-order chi connectivity index (χ0) is 15.5. The molecule has 0 fully saturated rings. The number of pyridine rings is 1. The minimum atomic E-state index is -0.0353. The molecule has 0 atom stereocenters. The number of aromatic nitrogens is 3. The van der Waals surface area contributed by atoms with Gasteiger partial charge in [0.2, 0.25) is 0 Å². The Morgan fingerprint density at radius 3 is 2.91 bits per heavy atom. The summed E-state index contributed by atoms with van der Waals surface area (Å²) >= 11 is 0. The van der Waals surface area contributed by atoms with Crippen molar-refractivity contribution in [3.63, 3.8) is 0 Å². The van der Waals surface area contributed by atoms with Crippen LogP contribution in [0.5, 0.6) is 0 Å². The van der Waals surface area contributed by atoms with Gasteiger partial charge in [0, 0.05) is 24.0 Å². The lowest BCUT2D eigenvalue weighted by atomic mass is 10.1. The quantitative estimate of drug-likeness (QED) is 0.711. The molecule has 114 valence electrons. The van der Waals surface area contributed by atoms with Crippen LogP contribution in [0, 0.1) is 13.8 Å². The van der Waals surface area contributed by atoms with Crippen molar-refractivity contribution in [2.45, 2.75) is 26.7 Å². The summed E-state index contributed by atoms with van der Waals surface area (Å²) in [6.45, 7) is 4.69. The molecule has 0 bridgehead atoms. The van der Waals surface area contributed by atoms with E-state index < -0.39 is 0 Å². The molecule has 22 heavy (non-hydrogen) atoms. The van der Waals surface area contributed by atoms with Crippen LogP contribution in [0.2, 0.25) is 0 Å². The van der Waals surface area contributed by atoms with Crippen molar-refractivity contribution in [2.24, 2.45) is 0 Å². The number of aryl methyl sites for hydroxylation is 2. The number of aromatic amines is 1. The van der Waals surface area contributed by atoms with Crippen LogP contribution in [0.15, 0.2) is 36.5 Å². The number of amides is 1. The maximum atomic E-state index is 12.3. The van der Waals surface area contributed by atoms with Crippen LogP contribution in [0.4, 0.5) is 0 Å². The van der Waals surface area contributed by atoms with E-state index in [9.17, 15) is 4.79 Å². The van der Waals surface area contributed by atoms with Crippen molar-refractivity contribution in [3.05, 3.63) is 59.2 Å². The van der Waals surface area contributed by atoms with E-state index in [0.717, 1.165) is 29.7 Å². The van der Waals surface area contributed by atoms with Crippen molar-refractivity contribution in [2.75, 3.05) is 6.54 Å². The monoisotopic (exact) mass is 296 g/mol. The van der Waals surface area contributed by atoms with Gasteiger partial charge in [-0.3, -0.25) is 9.89 Å². The Bertz CT molecular complexity index is 780. The van der Waals surface area contributed by atoms with E-state index in [1.807, 2.05) is 54.8 Å². The summed E-state index contributed by atoms with van der Waals surface area (Å²) in [5, 5.41) is 10.2. The molecule has 0 aliphatic heterocycles. The largest absolute Gasteiger partial charge is 0.351 e. The first-order chi connectivity index (χ1) is 10.7. The summed E-state index contributed by atoms with van der Waals surface area (Å²) in [5.74, 6) is -0.0353. The minimum absolute atomic E-state index is 0.0353. The first kappa shape index (κ1) is 14.4. The van der Waals surface area contributed by atoms with E-state index in [-0.39, 0.29) is 5.91 Å². The Kier molecular flexibility index (Phi) is 3.96. The summed E-state index contributed by atoms with van der Waals surface area (Å²) in [5.41, 5.74) is 5.11. The molecular weight excluding hydrogens is 276 g/mol. The number of carbonyl (C=O) groups is 1. The Balaban J connectivity index is 1.57. The summed E-state index contributed by atoms with van der Waals surface area (Å²) in [4.78, 5) is 12.3. The van der Waals surface area contributed by atoms with Crippen molar-refractivity contribution >= 4 is 11.4 Å². The summed E-state index contributed by atoms with van der Waals surface area (Å²) in [6.07, 6.45) is 3.72. The van der Waals surface area contributed by atoms with Crippen LogP contribution in [-0.2, 0) is 6.42 Å². The van der Waals surface area contributed by atoms with Gasteiger partial charge in [0.05, 0.1) is 5.69 Å². The van der Waals surface area contributed by atoms with Gasteiger partial charge in [-0.15, -0.1) is 0 Å². The number of carbonyl (C=O) groups excluding carboxylic acids is 1. The van der Waals surface area contributed by atoms with Crippen molar-refractivity contribution < 1.29 is 4.79 Å². The lowest BCUT2D eigenvalue weighted by molar-refractivity contribution is 0.0947. The second-order valence-electron chi connectivity index (χ2n) is 5.49. The fraction of sp³-hybridized carbons (Fsp3) is 0.294. The molecule has 0 aromatic carbocycles. The van der Waals surface area contributed by atoms with E-state index in [4.69, 9.17) is 0 Å². The topological polar surface area (TPSA) is 62.2 Å². The molecular formula is C17H20N4O. The maximum Gasteiger partial charge on any atom is 0.268 e. The fourth-order valence-electron chi connectivity index (χ4n) is 2.74. The average molecular weight is 296 g/mol. The molecule has 1 amide bonds. The van der Waals surface area contributed by atoms with Gasteiger partial charge < -0.3 is 9.72 Å². The van der Waals surface area contributed by atoms with Crippen molar-refractivity contribution in [3.8, 4) is 0 Å². The third-order valence-corrected chi connectivity index (χ3v) is 3.97. The standard InChI is InChI=1S/C17H20N4O/c1-12-15(13(2)20-19-12)7-5-10-18-17(22)16-9-8-14-6-3-4-11-21(14)16/h3-4,6,8-9,11H,5,7,10H2,1-2H3,(H,18,22)(H,19,20). The predicted octanol–water partition coefficient (Wildman–Crippen LogP) is 2.64. The normalized spacial score (nSPS) is 11.0. The van der Waals surface area contributed by atoms with Gasteiger partial charge in [0.25, 0.3) is 5.91 Å². The summed E-state index contributed by atoms with van der Waals surface area (Å²) in [7, 11) is 0. The van der Waals surface area contributed by atoms with Crippen LogP contribution in [-0.4, -0.2) is 27.0 Å². The molecule has 3 aromatic rings. The van der Waals surface area contributed by atoms with Gasteiger partial charge in [0.1, 0.15) is 5.69 Å². The van der Waals surface area contributed by atoms with Crippen LogP contribution in [0.3, 0.4) is 0 Å². The van der Waals surface area contributed by atoms with E-state index in [0.29, 0.717) is 12.2 Å². The number of rotatable bonds is 5. The second-order valence-corrected chi connectivity index (χ2v) is 5.49. The molecule has 3 rings (SSSR count). The molecule has 2 N–H and O–H groups in total. The molecule has 0 radical (unpaired) electrons. The Labute approximate surface area is 129 Å². The third-order valence-electron chi connectivity index (χ3n) is 3.97. The van der Waals surface area contributed by atoms with Crippen molar-refractivity contribution in [1.82, 2.24) is 19.9 Å². The predicted molar refractivity (Wildman–Crippen MR) is 86.1 cm³/mol. The number of fused-ring (bicyclic) bond motifs is 1. The molecule has 0 aliphatic rings. The van der Waals surface area contributed by atoms with Crippen LogP contribution < -0.4 is 5.32 Å². The highest BCUT2D eigenvalue weighted by atomic mass is 16.1. The molecule has 3 aromatic heterocycles. The van der Waals surface area contributed by atoms with Crippen LogP contribution in [0.25, 0.3) is 5.52 Å². The molecule has 0 saturated heterocycles. The maximum absolute atomic E-state index is 12.3. The molecule has 5 nitrogen and oxygen atoms in total. The Hall–Kier alpha value is -2.56. The third kappa shape index (κ3) is 2.74. The lowest BCUT2D eigenvalue weighted by Crippen LogP contribution is -2.26. The minimum Gasteiger partial charge on any atom is -0.351 e.